The number of nitrogen functional groups attached to an aromatic ring is 1. The second-order valence-corrected chi connectivity index (χ2v) is 5.36. The van der Waals surface area contributed by atoms with Gasteiger partial charge < -0.3 is 10.7 Å². The van der Waals surface area contributed by atoms with Gasteiger partial charge >= 0.3 is 0 Å². The highest BCUT2D eigenvalue weighted by Crippen LogP contribution is 2.22. The number of pyridine rings is 1. The van der Waals surface area contributed by atoms with Crippen LogP contribution in [0.25, 0.3) is 0 Å². The van der Waals surface area contributed by atoms with Crippen molar-refractivity contribution < 1.29 is 0 Å². The van der Waals surface area contributed by atoms with Crippen molar-refractivity contribution in [2.45, 2.75) is 40.2 Å². The number of hydrazine groups is 1. The Bertz CT molecular complexity index is 606. The molecule has 2 aromatic heterocycles. The molecule has 2 rings (SSSR count). The second-order valence-electron chi connectivity index (χ2n) is 5.36. The van der Waals surface area contributed by atoms with Crippen LogP contribution in [0, 0.1) is 13.8 Å². The largest absolute Gasteiger partial charge is 0.366 e. The number of nitrogens with zero attached hydrogens (tertiary/aromatic N) is 3. The smallest absolute Gasteiger partial charge is 0.148 e. The molecule has 0 spiro atoms. The molecule has 2 aromatic rings. The maximum atomic E-state index is 5.53. The maximum absolute atomic E-state index is 5.53. The van der Waals surface area contributed by atoms with Crippen molar-refractivity contribution in [1.29, 1.82) is 0 Å². The van der Waals surface area contributed by atoms with E-state index >= 15 is 0 Å². The normalized spacial score (nSPS) is 10.8. The van der Waals surface area contributed by atoms with Crippen molar-refractivity contribution in [1.82, 2.24) is 15.0 Å². The number of anilines is 2. The van der Waals surface area contributed by atoms with Crippen LogP contribution in [0.1, 0.15) is 42.4 Å². The van der Waals surface area contributed by atoms with E-state index in [1.165, 1.54) is 0 Å². The lowest BCUT2D eigenvalue weighted by Gasteiger charge is -2.15. The van der Waals surface area contributed by atoms with E-state index in [1.807, 2.05) is 26.1 Å². The molecule has 6 heteroatoms. The Labute approximate surface area is 125 Å². The van der Waals surface area contributed by atoms with E-state index in [-0.39, 0.29) is 5.92 Å². The van der Waals surface area contributed by atoms with E-state index < -0.39 is 0 Å². The first kappa shape index (κ1) is 15.2. The molecule has 0 aliphatic rings. The summed E-state index contributed by atoms with van der Waals surface area (Å²) in [5, 5.41) is 3.33. The Morgan fingerprint density at radius 2 is 1.86 bits per heavy atom. The number of hydrogen-bond acceptors (Lipinski definition) is 6. The average Bonchev–Trinajstić information content (AvgIpc) is 2.47. The lowest BCUT2D eigenvalue weighted by molar-refractivity contribution is 0.772. The molecule has 2 heterocycles. The molecule has 0 aliphatic heterocycles. The van der Waals surface area contributed by atoms with Crippen LogP contribution >= 0.6 is 0 Å². The Balaban J connectivity index is 2.22. The Morgan fingerprint density at radius 1 is 1.14 bits per heavy atom. The van der Waals surface area contributed by atoms with E-state index in [0.717, 1.165) is 28.5 Å². The van der Waals surface area contributed by atoms with Crippen LogP contribution in [-0.4, -0.2) is 15.0 Å². The van der Waals surface area contributed by atoms with Gasteiger partial charge in [0.2, 0.25) is 0 Å². The van der Waals surface area contributed by atoms with Crippen molar-refractivity contribution in [3.8, 4) is 0 Å². The molecule has 0 fully saturated rings. The summed E-state index contributed by atoms with van der Waals surface area (Å²) < 4.78 is 0. The van der Waals surface area contributed by atoms with Gasteiger partial charge in [-0.1, -0.05) is 19.9 Å². The van der Waals surface area contributed by atoms with E-state index in [0.29, 0.717) is 12.4 Å². The van der Waals surface area contributed by atoms with Crippen LogP contribution in [-0.2, 0) is 6.54 Å². The van der Waals surface area contributed by atoms with Crippen molar-refractivity contribution in [3.05, 3.63) is 41.0 Å². The van der Waals surface area contributed by atoms with Crippen molar-refractivity contribution in [3.63, 3.8) is 0 Å². The quantitative estimate of drug-likeness (QED) is 0.578. The first-order valence-corrected chi connectivity index (χ1v) is 7.01. The molecular weight excluding hydrogens is 264 g/mol. The summed E-state index contributed by atoms with van der Waals surface area (Å²) in [4.78, 5) is 13.3. The fraction of sp³-hybridized carbons (Fsp3) is 0.400. The molecule has 0 saturated carbocycles. The van der Waals surface area contributed by atoms with Crippen LogP contribution < -0.4 is 16.6 Å². The lowest BCUT2D eigenvalue weighted by Crippen LogP contribution is -2.15. The summed E-state index contributed by atoms with van der Waals surface area (Å²) in [6.45, 7) is 8.68. The molecule has 0 aromatic carbocycles. The minimum absolute atomic E-state index is 0.235. The van der Waals surface area contributed by atoms with Crippen LogP contribution in [0.5, 0.6) is 0 Å². The molecule has 112 valence electrons. The maximum Gasteiger partial charge on any atom is 0.148 e. The molecule has 0 amide bonds. The third kappa shape index (κ3) is 3.66. The Hall–Kier alpha value is -2.21. The van der Waals surface area contributed by atoms with Crippen LogP contribution in [0.4, 0.5) is 11.6 Å². The third-order valence-electron chi connectivity index (χ3n) is 3.25. The van der Waals surface area contributed by atoms with Crippen molar-refractivity contribution >= 4 is 11.6 Å². The first-order chi connectivity index (χ1) is 10.0. The summed E-state index contributed by atoms with van der Waals surface area (Å²) in [5.41, 5.74) is 5.65. The first-order valence-electron chi connectivity index (χ1n) is 7.01. The molecule has 6 nitrogen and oxygen atoms in total. The number of hydrogen-bond donors (Lipinski definition) is 3. The minimum Gasteiger partial charge on any atom is -0.366 e. The SMILES string of the molecule is Cc1ccc(CNc2nc(C(C)C)nc(NN)c2C)cn1. The highest BCUT2D eigenvalue weighted by atomic mass is 15.3. The Kier molecular flexibility index (Phi) is 4.70. The average molecular weight is 286 g/mol. The topological polar surface area (TPSA) is 88.8 Å². The number of aromatic nitrogens is 3. The summed E-state index contributed by atoms with van der Waals surface area (Å²) in [5.74, 6) is 7.98. The Morgan fingerprint density at radius 3 is 2.43 bits per heavy atom. The molecule has 4 N–H and O–H groups in total. The van der Waals surface area contributed by atoms with Gasteiger partial charge in [0.25, 0.3) is 0 Å². The third-order valence-corrected chi connectivity index (χ3v) is 3.25. The number of rotatable bonds is 5. The zero-order valence-electron chi connectivity index (χ0n) is 12.9. The molecule has 0 radical (unpaired) electrons. The van der Waals surface area contributed by atoms with Gasteiger partial charge in [0.05, 0.1) is 0 Å². The van der Waals surface area contributed by atoms with Gasteiger partial charge in [0.15, 0.2) is 0 Å². The molecule has 0 bridgehead atoms. The van der Waals surface area contributed by atoms with Crippen LogP contribution in [0.2, 0.25) is 0 Å². The van der Waals surface area contributed by atoms with Gasteiger partial charge in [-0.05, 0) is 25.5 Å². The van der Waals surface area contributed by atoms with Crippen molar-refractivity contribution in [2.75, 3.05) is 10.7 Å². The molecule has 21 heavy (non-hydrogen) atoms. The fourth-order valence-corrected chi connectivity index (χ4v) is 1.89. The van der Waals surface area contributed by atoms with Gasteiger partial charge in [-0.3, -0.25) is 4.98 Å². The lowest BCUT2D eigenvalue weighted by atomic mass is 10.2. The molecule has 0 aliphatic carbocycles. The zero-order chi connectivity index (χ0) is 15.4. The molecular formula is C15H22N6. The minimum atomic E-state index is 0.235. The predicted octanol–water partition coefficient (Wildman–Crippen LogP) is 2.51. The van der Waals surface area contributed by atoms with Crippen LogP contribution in [0.3, 0.4) is 0 Å². The fourth-order valence-electron chi connectivity index (χ4n) is 1.89. The van der Waals surface area contributed by atoms with E-state index in [2.05, 4.69) is 45.6 Å². The molecule has 0 atom stereocenters. The van der Waals surface area contributed by atoms with Gasteiger partial charge in [0.1, 0.15) is 17.5 Å². The number of nitrogens with two attached hydrogens (primary N) is 1. The highest BCUT2D eigenvalue weighted by molar-refractivity contribution is 5.57. The monoisotopic (exact) mass is 286 g/mol. The van der Waals surface area contributed by atoms with Gasteiger partial charge in [-0.15, -0.1) is 0 Å². The summed E-state index contributed by atoms with van der Waals surface area (Å²) >= 11 is 0. The van der Waals surface area contributed by atoms with Gasteiger partial charge in [0, 0.05) is 29.9 Å². The molecule has 0 saturated heterocycles. The second kappa shape index (κ2) is 6.49. The standard InChI is InChI=1S/C15H22N6/c1-9(2)13-19-14(11(4)15(20-13)21-16)18-8-12-6-5-10(3)17-7-12/h5-7,9H,8,16H2,1-4H3,(H2,18,19,20,21). The van der Waals surface area contributed by atoms with Crippen LogP contribution in [0.15, 0.2) is 18.3 Å². The summed E-state index contributed by atoms with van der Waals surface area (Å²) in [6, 6.07) is 4.05. The zero-order valence-corrected chi connectivity index (χ0v) is 12.9. The summed E-state index contributed by atoms with van der Waals surface area (Å²) in [7, 11) is 0. The van der Waals surface area contributed by atoms with E-state index in [4.69, 9.17) is 5.84 Å². The van der Waals surface area contributed by atoms with Gasteiger partial charge in [-0.2, -0.15) is 0 Å². The number of nitrogens with one attached hydrogen (secondary N) is 2. The van der Waals surface area contributed by atoms with Gasteiger partial charge in [-0.25, -0.2) is 15.8 Å². The summed E-state index contributed by atoms with van der Waals surface area (Å²) in [6.07, 6.45) is 1.87. The van der Waals surface area contributed by atoms with E-state index in [9.17, 15) is 0 Å². The van der Waals surface area contributed by atoms with E-state index in [1.54, 1.807) is 0 Å². The number of aryl methyl sites for hydroxylation is 1. The van der Waals surface area contributed by atoms with Crippen molar-refractivity contribution in [2.24, 2.45) is 5.84 Å². The predicted molar refractivity (Wildman–Crippen MR) is 85.0 cm³/mol. The molecule has 0 unspecified atom stereocenters. The highest BCUT2D eigenvalue weighted by Gasteiger charge is 2.12.